The Bertz CT molecular complexity index is 612. The molecule has 1 aromatic carbocycles. The third-order valence-corrected chi connectivity index (χ3v) is 4.54. The van der Waals surface area contributed by atoms with E-state index in [2.05, 4.69) is 35.0 Å². The lowest BCUT2D eigenvalue weighted by Crippen LogP contribution is -2.32. The number of aliphatic hydroxyl groups excluding tert-OH is 1. The molecule has 1 aromatic heterocycles. The first-order valence-electron chi connectivity index (χ1n) is 7.67. The molecular formula is C17H23N3O2. The SMILES string of the molecule is CO[C@@H]1C[C@@H](CO)N(Cc2ccc(-n3ccnc3)cc2C)C1. The molecule has 1 saturated heterocycles. The second-order valence-corrected chi connectivity index (χ2v) is 5.94. The van der Waals surface area contributed by atoms with Gasteiger partial charge in [0.05, 0.1) is 19.0 Å². The van der Waals surface area contributed by atoms with E-state index < -0.39 is 0 Å². The highest BCUT2D eigenvalue weighted by Gasteiger charge is 2.31. The molecule has 0 aliphatic carbocycles. The van der Waals surface area contributed by atoms with Gasteiger partial charge in [-0.3, -0.25) is 4.90 Å². The summed E-state index contributed by atoms with van der Waals surface area (Å²) in [5.41, 5.74) is 3.66. The molecule has 5 heteroatoms. The molecule has 0 amide bonds. The molecular weight excluding hydrogens is 278 g/mol. The van der Waals surface area contributed by atoms with Crippen LogP contribution in [0.25, 0.3) is 5.69 Å². The molecule has 2 atom stereocenters. The van der Waals surface area contributed by atoms with Crippen LogP contribution in [-0.2, 0) is 11.3 Å². The van der Waals surface area contributed by atoms with Gasteiger partial charge < -0.3 is 14.4 Å². The number of benzene rings is 1. The summed E-state index contributed by atoms with van der Waals surface area (Å²) in [5, 5.41) is 9.56. The fourth-order valence-electron chi connectivity index (χ4n) is 3.14. The van der Waals surface area contributed by atoms with Crippen molar-refractivity contribution in [3.63, 3.8) is 0 Å². The van der Waals surface area contributed by atoms with Crippen molar-refractivity contribution in [3.05, 3.63) is 48.0 Å². The van der Waals surface area contributed by atoms with Crippen LogP contribution in [0, 0.1) is 6.92 Å². The van der Waals surface area contributed by atoms with Gasteiger partial charge in [0.25, 0.3) is 0 Å². The first-order valence-corrected chi connectivity index (χ1v) is 7.67. The Morgan fingerprint density at radius 1 is 1.41 bits per heavy atom. The van der Waals surface area contributed by atoms with Crippen LogP contribution < -0.4 is 0 Å². The summed E-state index contributed by atoms with van der Waals surface area (Å²) in [7, 11) is 1.74. The van der Waals surface area contributed by atoms with E-state index in [1.165, 1.54) is 11.1 Å². The van der Waals surface area contributed by atoms with E-state index in [9.17, 15) is 5.11 Å². The van der Waals surface area contributed by atoms with E-state index in [-0.39, 0.29) is 18.8 Å². The van der Waals surface area contributed by atoms with Crippen molar-refractivity contribution in [2.45, 2.75) is 32.0 Å². The molecule has 1 aliphatic rings. The molecule has 1 fully saturated rings. The van der Waals surface area contributed by atoms with Crippen LogP contribution in [0.2, 0.25) is 0 Å². The van der Waals surface area contributed by atoms with Crippen LogP contribution >= 0.6 is 0 Å². The zero-order valence-corrected chi connectivity index (χ0v) is 13.1. The van der Waals surface area contributed by atoms with Crippen LogP contribution in [-0.4, -0.2) is 52.0 Å². The first-order chi connectivity index (χ1) is 10.7. The normalized spacial score (nSPS) is 22.3. The molecule has 22 heavy (non-hydrogen) atoms. The summed E-state index contributed by atoms with van der Waals surface area (Å²) in [4.78, 5) is 6.40. The predicted molar refractivity (Wildman–Crippen MR) is 85.0 cm³/mol. The monoisotopic (exact) mass is 301 g/mol. The molecule has 0 radical (unpaired) electrons. The highest BCUT2D eigenvalue weighted by Crippen LogP contribution is 2.24. The number of aromatic nitrogens is 2. The van der Waals surface area contributed by atoms with Crippen molar-refractivity contribution < 1.29 is 9.84 Å². The van der Waals surface area contributed by atoms with Crippen molar-refractivity contribution in [3.8, 4) is 5.69 Å². The van der Waals surface area contributed by atoms with Crippen molar-refractivity contribution in [2.24, 2.45) is 0 Å². The Morgan fingerprint density at radius 3 is 2.91 bits per heavy atom. The Labute approximate surface area is 131 Å². The van der Waals surface area contributed by atoms with Crippen molar-refractivity contribution in [1.29, 1.82) is 0 Å². The fourth-order valence-corrected chi connectivity index (χ4v) is 3.14. The maximum absolute atomic E-state index is 9.56. The van der Waals surface area contributed by atoms with Gasteiger partial charge in [-0.05, 0) is 36.6 Å². The summed E-state index contributed by atoms with van der Waals surface area (Å²) in [6.07, 6.45) is 6.66. The molecule has 1 aliphatic heterocycles. The van der Waals surface area contributed by atoms with Gasteiger partial charge in [-0.15, -0.1) is 0 Å². The van der Waals surface area contributed by atoms with Gasteiger partial charge in [-0.1, -0.05) is 6.07 Å². The molecule has 0 saturated carbocycles. The Morgan fingerprint density at radius 2 is 2.27 bits per heavy atom. The van der Waals surface area contributed by atoms with Crippen molar-refractivity contribution >= 4 is 0 Å². The highest BCUT2D eigenvalue weighted by molar-refractivity contribution is 5.40. The first kappa shape index (κ1) is 15.2. The number of likely N-dealkylation sites (tertiary alicyclic amines) is 1. The van der Waals surface area contributed by atoms with Gasteiger partial charge in [0.15, 0.2) is 0 Å². The smallest absolute Gasteiger partial charge is 0.0991 e. The van der Waals surface area contributed by atoms with Gasteiger partial charge in [0.2, 0.25) is 0 Å². The number of ether oxygens (including phenoxy) is 1. The Balaban J connectivity index is 1.75. The number of nitrogens with zero attached hydrogens (tertiary/aromatic N) is 3. The molecule has 0 bridgehead atoms. The number of aliphatic hydroxyl groups is 1. The summed E-state index contributed by atoms with van der Waals surface area (Å²) in [6.45, 7) is 4.05. The van der Waals surface area contributed by atoms with Crippen molar-refractivity contribution in [2.75, 3.05) is 20.3 Å². The number of imidazole rings is 1. The van der Waals surface area contributed by atoms with Crippen LogP contribution in [0.1, 0.15) is 17.5 Å². The Kier molecular flexibility index (Phi) is 4.57. The largest absolute Gasteiger partial charge is 0.395 e. The van der Waals surface area contributed by atoms with Gasteiger partial charge >= 0.3 is 0 Å². The molecule has 2 aromatic rings. The third kappa shape index (κ3) is 3.06. The van der Waals surface area contributed by atoms with Gasteiger partial charge in [0.1, 0.15) is 0 Å². The zero-order valence-electron chi connectivity index (χ0n) is 13.1. The van der Waals surface area contributed by atoms with Gasteiger partial charge in [-0.25, -0.2) is 4.98 Å². The predicted octanol–water partition coefficient (Wildman–Crippen LogP) is 1.76. The lowest BCUT2D eigenvalue weighted by atomic mass is 10.1. The van der Waals surface area contributed by atoms with Crippen molar-refractivity contribution in [1.82, 2.24) is 14.5 Å². The quantitative estimate of drug-likeness (QED) is 0.914. The molecule has 3 rings (SSSR count). The van der Waals surface area contributed by atoms with Gasteiger partial charge in [-0.2, -0.15) is 0 Å². The second kappa shape index (κ2) is 6.60. The van der Waals surface area contributed by atoms with Crippen LogP contribution in [0.15, 0.2) is 36.9 Å². The van der Waals surface area contributed by atoms with E-state index in [1.54, 1.807) is 19.6 Å². The summed E-state index contributed by atoms with van der Waals surface area (Å²) in [5.74, 6) is 0. The lowest BCUT2D eigenvalue weighted by molar-refractivity contribution is 0.107. The maximum Gasteiger partial charge on any atom is 0.0991 e. The number of rotatable bonds is 5. The summed E-state index contributed by atoms with van der Waals surface area (Å²) in [6, 6.07) is 6.65. The second-order valence-electron chi connectivity index (χ2n) is 5.94. The number of hydrogen-bond acceptors (Lipinski definition) is 4. The maximum atomic E-state index is 9.56. The van der Waals surface area contributed by atoms with Gasteiger partial charge in [0, 0.05) is 44.3 Å². The summed E-state index contributed by atoms with van der Waals surface area (Å²) < 4.78 is 7.45. The van der Waals surface area contributed by atoms with Crippen LogP contribution in [0.3, 0.4) is 0 Å². The summed E-state index contributed by atoms with van der Waals surface area (Å²) >= 11 is 0. The van der Waals surface area contributed by atoms with Crippen LogP contribution in [0.5, 0.6) is 0 Å². The van der Waals surface area contributed by atoms with E-state index in [1.807, 2.05) is 10.8 Å². The molecule has 1 N–H and O–H groups in total. The molecule has 5 nitrogen and oxygen atoms in total. The molecule has 0 spiro atoms. The minimum Gasteiger partial charge on any atom is -0.395 e. The van der Waals surface area contributed by atoms with E-state index in [0.29, 0.717) is 0 Å². The van der Waals surface area contributed by atoms with Crippen LogP contribution in [0.4, 0.5) is 0 Å². The highest BCUT2D eigenvalue weighted by atomic mass is 16.5. The number of methoxy groups -OCH3 is 1. The molecule has 2 heterocycles. The molecule has 118 valence electrons. The average Bonchev–Trinajstić information content (AvgIpc) is 3.18. The van der Waals surface area contributed by atoms with E-state index in [0.717, 1.165) is 25.2 Å². The fraction of sp³-hybridized carbons (Fsp3) is 0.471. The Hall–Kier alpha value is -1.69. The molecule has 0 unspecified atom stereocenters. The minimum absolute atomic E-state index is 0.187. The zero-order chi connectivity index (χ0) is 15.5. The third-order valence-electron chi connectivity index (χ3n) is 4.54. The van der Waals surface area contributed by atoms with E-state index >= 15 is 0 Å². The number of hydrogen-bond donors (Lipinski definition) is 1. The topological polar surface area (TPSA) is 50.5 Å². The average molecular weight is 301 g/mol. The standard InChI is InChI=1S/C17H23N3O2/c1-13-7-15(19-6-5-18-12-19)4-3-14(13)9-20-10-17(22-2)8-16(20)11-21/h3-7,12,16-17,21H,8-11H2,1-2H3/t16-,17+/m0/s1. The van der Waals surface area contributed by atoms with E-state index in [4.69, 9.17) is 4.74 Å². The number of aryl methyl sites for hydroxylation is 1. The minimum atomic E-state index is 0.187. The lowest BCUT2D eigenvalue weighted by Gasteiger charge is -2.23.